The Bertz CT molecular complexity index is 2590. The van der Waals surface area contributed by atoms with Gasteiger partial charge in [0.1, 0.15) is 5.82 Å². The van der Waals surface area contributed by atoms with Crippen molar-refractivity contribution in [1.29, 1.82) is 0 Å². The monoisotopic (exact) mass is 725 g/mol. The van der Waals surface area contributed by atoms with Gasteiger partial charge in [-0.2, -0.15) is 0 Å². The molecule has 0 bridgehead atoms. The summed E-state index contributed by atoms with van der Waals surface area (Å²) < 4.78 is 0. The number of benzene rings is 6. The lowest BCUT2D eigenvalue weighted by Gasteiger charge is -2.46. The number of hydrogen-bond acceptors (Lipinski definition) is 3. The molecule has 0 N–H and O–H groups in total. The molecule has 0 atom stereocenters. The molecule has 0 spiro atoms. The van der Waals surface area contributed by atoms with Gasteiger partial charge in [-0.3, -0.25) is 4.90 Å². The van der Waals surface area contributed by atoms with Crippen LogP contribution in [0.2, 0.25) is 0 Å². The molecule has 7 aromatic rings. The predicted octanol–water partition coefficient (Wildman–Crippen LogP) is 11.5. The topological polar surface area (TPSA) is 19.4 Å². The zero-order chi connectivity index (χ0) is 38.4. The first kappa shape index (κ1) is 34.6. The molecule has 0 radical (unpaired) electrons. The Balaban J connectivity index is 1.24. The second-order valence-corrected chi connectivity index (χ2v) is 17.9. The molecule has 0 saturated heterocycles. The van der Waals surface area contributed by atoms with Crippen LogP contribution in [0.5, 0.6) is 0 Å². The molecule has 4 heteroatoms. The number of fused-ring (bicyclic) bond motifs is 5. The largest absolute Gasteiger partial charge is 0.310 e. The van der Waals surface area contributed by atoms with Crippen molar-refractivity contribution in [2.45, 2.75) is 70.6 Å². The van der Waals surface area contributed by atoms with Crippen molar-refractivity contribution >= 4 is 57.4 Å². The number of anilines is 6. The van der Waals surface area contributed by atoms with E-state index in [2.05, 4.69) is 203 Å². The molecular formula is C52H48BN3. The highest BCUT2D eigenvalue weighted by atomic mass is 15.2. The third-order valence-corrected chi connectivity index (χ3v) is 13.2. The standard InChI is InChI=1S/C52H48BN3/c1-50(2)29-30-51(3,4)43-33-39(23-25-41(43)50)56-47-34-40(55(37-18-12-8-13-19-37)38-20-14-9-15-21-38)24-27-46(47)53-45-26-22-36(35-16-10-7-11-17-35)32-44(45)52(5,6)42-28-31-54-49(56)48(42)53/h7-28,31-34H,29-30H2,1-6H3. The van der Waals surface area contributed by atoms with Crippen LogP contribution < -0.4 is 26.2 Å². The van der Waals surface area contributed by atoms with Gasteiger partial charge in [0.05, 0.1) is 0 Å². The van der Waals surface area contributed by atoms with Gasteiger partial charge < -0.3 is 4.90 Å². The fraction of sp³-hybridized carbons (Fsp3) is 0.212. The molecule has 6 aromatic carbocycles. The predicted molar refractivity (Wildman–Crippen MR) is 238 cm³/mol. The molecule has 3 aliphatic rings. The fourth-order valence-corrected chi connectivity index (χ4v) is 10.1. The molecule has 1 aliphatic carbocycles. The Hall–Kier alpha value is -5.87. The molecule has 56 heavy (non-hydrogen) atoms. The normalized spacial score (nSPS) is 16.6. The molecule has 2 aliphatic heterocycles. The molecule has 3 nitrogen and oxygen atoms in total. The Labute approximate surface area is 332 Å². The van der Waals surface area contributed by atoms with E-state index in [1.165, 1.54) is 67.6 Å². The third-order valence-electron chi connectivity index (χ3n) is 13.2. The van der Waals surface area contributed by atoms with Crippen molar-refractivity contribution in [3.05, 3.63) is 180 Å². The first-order valence-corrected chi connectivity index (χ1v) is 20.2. The highest BCUT2D eigenvalue weighted by Gasteiger charge is 2.47. The average molecular weight is 726 g/mol. The molecule has 274 valence electrons. The summed E-state index contributed by atoms with van der Waals surface area (Å²) in [6, 6.07) is 56.1. The Morgan fingerprint density at radius 3 is 1.82 bits per heavy atom. The molecule has 0 unspecified atom stereocenters. The number of pyridine rings is 1. The van der Waals surface area contributed by atoms with Gasteiger partial charge in [0.15, 0.2) is 0 Å². The van der Waals surface area contributed by atoms with Crippen LogP contribution in [0.25, 0.3) is 11.1 Å². The van der Waals surface area contributed by atoms with Crippen molar-refractivity contribution in [2.24, 2.45) is 0 Å². The second-order valence-electron chi connectivity index (χ2n) is 17.9. The number of hydrogen-bond donors (Lipinski definition) is 0. The molecule has 10 rings (SSSR count). The minimum Gasteiger partial charge on any atom is -0.310 e. The first-order chi connectivity index (χ1) is 27.0. The lowest BCUT2D eigenvalue weighted by atomic mass is 9.30. The second kappa shape index (κ2) is 12.6. The van der Waals surface area contributed by atoms with Crippen molar-refractivity contribution in [1.82, 2.24) is 4.98 Å². The molecule has 0 saturated carbocycles. The maximum absolute atomic E-state index is 5.35. The van der Waals surface area contributed by atoms with Gasteiger partial charge in [0.2, 0.25) is 6.71 Å². The van der Waals surface area contributed by atoms with Gasteiger partial charge in [0.25, 0.3) is 0 Å². The van der Waals surface area contributed by atoms with Crippen molar-refractivity contribution < 1.29 is 0 Å². The molecule has 1 aromatic heterocycles. The van der Waals surface area contributed by atoms with Crippen molar-refractivity contribution in [3.63, 3.8) is 0 Å². The highest BCUT2D eigenvalue weighted by Crippen LogP contribution is 2.49. The van der Waals surface area contributed by atoms with E-state index in [4.69, 9.17) is 4.98 Å². The average Bonchev–Trinajstić information content (AvgIpc) is 3.22. The van der Waals surface area contributed by atoms with Gasteiger partial charge in [-0.15, -0.1) is 0 Å². The molecule has 3 heterocycles. The maximum atomic E-state index is 5.35. The Morgan fingerprint density at radius 1 is 0.518 bits per heavy atom. The van der Waals surface area contributed by atoms with E-state index in [0.717, 1.165) is 29.3 Å². The zero-order valence-electron chi connectivity index (χ0n) is 33.3. The van der Waals surface area contributed by atoms with Gasteiger partial charge in [0, 0.05) is 40.0 Å². The van der Waals surface area contributed by atoms with Crippen LogP contribution in [-0.4, -0.2) is 11.7 Å². The maximum Gasteiger partial charge on any atom is 0.249 e. The van der Waals surface area contributed by atoms with Crippen LogP contribution in [0.15, 0.2) is 158 Å². The third kappa shape index (κ3) is 5.29. The van der Waals surface area contributed by atoms with E-state index >= 15 is 0 Å². The molecule has 0 fully saturated rings. The minimum absolute atomic E-state index is 0.0387. The molecular weight excluding hydrogens is 677 g/mol. The lowest BCUT2D eigenvalue weighted by molar-refractivity contribution is 0.332. The van der Waals surface area contributed by atoms with E-state index in [1.54, 1.807) is 0 Å². The minimum atomic E-state index is -0.230. The van der Waals surface area contributed by atoms with E-state index in [-0.39, 0.29) is 23.0 Å². The summed E-state index contributed by atoms with van der Waals surface area (Å²) in [4.78, 5) is 10.2. The van der Waals surface area contributed by atoms with Gasteiger partial charge in [-0.05, 0) is 123 Å². The van der Waals surface area contributed by atoms with E-state index < -0.39 is 0 Å². The van der Waals surface area contributed by atoms with E-state index in [1.807, 2.05) is 6.20 Å². The number of rotatable bonds is 5. The van der Waals surface area contributed by atoms with Gasteiger partial charge >= 0.3 is 0 Å². The summed E-state index contributed by atoms with van der Waals surface area (Å²) >= 11 is 0. The van der Waals surface area contributed by atoms with Crippen LogP contribution >= 0.6 is 0 Å². The summed E-state index contributed by atoms with van der Waals surface area (Å²) in [7, 11) is 0. The number of para-hydroxylation sites is 2. The SMILES string of the molecule is CC1(C)CCC(C)(C)c2cc(N3c4cc(N(c5ccccc5)c5ccccc5)ccc4B4c5ccc(-c6ccccc6)cc5C(C)(C)c5ccnc3c54)ccc21. The smallest absolute Gasteiger partial charge is 0.249 e. The Kier molecular flexibility index (Phi) is 7.77. The van der Waals surface area contributed by atoms with Crippen molar-refractivity contribution in [2.75, 3.05) is 9.80 Å². The van der Waals surface area contributed by atoms with E-state index in [0.29, 0.717) is 0 Å². The van der Waals surface area contributed by atoms with Gasteiger partial charge in [-0.1, -0.05) is 144 Å². The summed E-state index contributed by atoms with van der Waals surface area (Å²) in [5.74, 6) is 1.03. The quantitative estimate of drug-likeness (QED) is 0.165. The van der Waals surface area contributed by atoms with Gasteiger partial charge in [-0.25, -0.2) is 4.98 Å². The van der Waals surface area contributed by atoms with Crippen LogP contribution in [0.4, 0.5) is 34.3 Å². The van der Waals surface area contributed by atoms with Crippen LogP contribution in [0, 0.1) is 0 Å². The number of aromatic nitrogens is 1. The Morgan fingerprint density at radius 2 is 1.14 bits per heavy atom. The van der Waals surface area contributed by atoms with E-state index in [9.17, 15) is 0 Å². The summed E-state index contributed by atoms with van der Waals surface area (Å²) in [5, 5.41) is 0. The summed E-state index contributed by atoms with van der Waals surface area (Å²) in [6.45, 7) is 14.5. The lowest BCUT2D eigenvalue weighted by Crippen LogP contribution is -2.64. The fourth-order valence-electron chi connectivity index (χ4n) is 10.1. The highest BCUT2D eigenvalue weighted by molar-refractivity contribution is 6.99. The zero-order valence-corrected chi connectivity index (χ0v) is 33.3. The summed E-state index contributed by atoms with van der Waals surface area (Å²) in [6.07, 6.45) is 4.40. The first-order valence-electron chi connectivity index (χ1n) is 20.2. The molecule has 0 amide bonds. The van der Waals surface area contributed by atoms with Crippen LogP contribution in [0.1, 0.15) is 76.6 Å². The van der Waals surface area contributed by atoms with Crippen molar-refractivity contribution in [3.8, 4) is 11.1 Å². The van der Waals surface area contributed by atoms with Crippen LogP contribution in [0.3, 0.4) is 0 Å². The number of nitrogens with zero attached hydrogens (tertiary/aromatic N) is 3. The van der Waals surface area contributed by atoms with Crippen LogP contribution in [-0.2, 0) is 16.2 Å². The summed E-state index contributed by atoms with van der Waals surface area (Å²) in [5.41, 5.74) is 17.8.